The standard InChI is InChI=1S/C16H15N3O6/c1-2-25-14-8-11(19(23)24)7-10(15(14)21)9-17-18-16(22)12-5-3-4-6-13(12)20/h3-9,20-21H,2H2,1H3,(H,18,22)/p-1/b17-9+. The molecule has 0 spiro atoms. The number of phenols is 1. The first kappa shape index (κ1) is 17.7. The third kappa shape index (κ3) is 4.22. The average Bonchev–Trinajstić information content (AvgIpc) is 2.58. The number of amides is 1. The number of aromatic hydroxyl groups is 1. The Kier molecular flexibility index (Phi) is 5.51. The number of carbonyl (C=O) groups is 1. The molecule has 2 aromatic carbocycles. The molecule has 0 heterocycles. The molecule has 0 unspecified atom stereocenters. The molecular weight excluding hydrogens is 330 g/mol. The van der Waals surface area contributed by atoms with E-state index in [1.165, 1.54) is 12.1 Å². The number of nitrogens with one attached hydrogen (secondary N) is 1. The summed E-state index contributed by atoms with van der Waals surface area (Å²) in [6, 6.07) is 7.90. The fraction of sp³-hybridized carbons (Fsp3) is 0.125. The van der Waals surface area contributed by atoms with Crippen LogP contribution in [0, 0.1) is 10.1 Å². The number of nitro groups is 1. The van der Waals surface area contributed by atoms with E-state index in [1.54, 1.807) is 19.1 Å². The van der Waals surface area contributed by atoms with Crippen molar-refractivity contribution in [1.82, 2.24) is 5.43 Å². The number of non-ortho nitro benzene ring substituents is 1. The number of phenolic OH excluding ortho intramolecular Hbond substituents is 1. The van der Waals surface area contributed by atoms with Crippen molar-refractivity contribution >= 4 is 17.8 Å². The lowest BCUT2D eigenvalue weighted by Gasteiger charge is -2.16. The number of nitro benzene ring substituents is 1. The molecule has 9 heteroatoms. The first-order chi connectivity index (χ1) is 11.9. The minimum atomic E-state index is -0.697. The lowest BCUT2D eigenvalue weighted by molar-refractivity contribution is -0.385. The van der Waals surface area contributed by atoms with Gasteiger partial charge >= 0.3 is 0 Å². The lowest BCUT2D eigenvalue weighted by atomic mass is 10.1. The second-order valence-corrected chi connectivity index (χ2v) is 4.77. The van der Waals surface area contributed by atoms with Crippen molar-refractivity contribution < 1.29 is 24.7 Å². The van der Waals surface area contributed by atoms with Crippen molar-refractivity contribution in [2.24, 2.45) is 5.10 Å². The van der Waals surface area contributed by atoms with Gasteiger partial charge in [0.15, 0.2) is 0 Å². The predicted octanol–water partition coefficient (Wildman–Crippen LogP) is 1.54. The maximum absolute atomic E-state index is 12.1. The van der Waals surface area contributed by atoms with Crippen LogP contribution in [0.5, 0.6) is 17.2 Å². The molecule has 2 aromatic rings. The number of benzene rings is 2. The molecule has 25 heavy (non-hydrogen) atoms. The molecule has 9 nitrogen and oxygen atoms in total. The zero-order chi connectivity index (χ0) is 18.4. The molecule has 0 aliphatic carbocycles. The van der Waals surface area contributed by atoms with Gasteiger partial charge in [-0.05, 0) is 24.6 Å². The maximum atomic E-state index is 12.1. The summed E-state index contributed by atoms with van der Waals surface area (Å²) in [7, 11) is 0. The first-order valence-corrected chi connectivity index (χ1v) is 7.17. The van der Waals surface area contributed by atoms with Crippen molar-refractivity contribution in [2.45, 2.75) is 6.92 Å². The number of hydrazone groups is 1. The summed E-state index contributed by atoms with van der Waals surface area (Å²) in [5.41, 5.74) is 1.68. The van der Waals surface area contributed by atoms with Gasteiger partial charge < -0.3 is 14.9 Å². The molecule has 0 fully saturated rings. The van der Waals surface area contributed by atoms with Gasteiger partial charge in [0.05, 0.1) is 29.4 Å². The summed E-state index contributed by atoms with van der Waals surface area (Å²) in [5, 5.41) is 36.3. The Morgan fingerprint density at radius 3 is 2.76 bits per heavy atom. The van der Waals surface area contributed by atoms with Crippen LogP contribution in [0.2, 0.25) is 0 Å². The maximum Gasteiger partial charge on any atom is 0.275 e. The van der Waals surface area contributed by atoms with Crippen LogP contribution in [0.25, 0.3) is 0 Å². The highest BCUT2D eigenvalue weighted by molar-refractivity contribution is 5.97. The molecule has 1 amide bonds. The van der Waals surface area contributed by atoms with Crippen molar-refractivity contribution in [3.63, 3.8) is 0 Å². The molecule has 0 bridgehead atoms. The van der Waals surface area contributed by atoms with E-state index in [2.05, 4.69) is 10.5 Å². The van der Waals surface area contributed by atoms with Crippen LogP contribution >= 0.6 is 0 Å². The Balaban J connectivity index is 2.24. The number of carbonyl (C=O) groups excluding carboxylic acids is 1. The van der Waals surface area contributed by atoms with E-state index in [1.807, 2.05) is 0 Å². The Bertz CT molecular complexity index is 835. The van der Waals surface area contributed by atoms with Gasteiger partial charge in [0, 0.05) is 6.07 Å². The smallest absolute Gasteiger partial charge is 0.275 e. The van der Waals surface area contributed by atoms with Crippen LogP contribution in [0.1, 0.15) is 22.8 Å². The van der Waals surface area contributed by atoms with Crippen LogP contribution in [-0.4, -0.2) is 28.8 Å². The van der Waals surface area contributed by atoms with Gasteiger partial charge in [-0.3, -0.25) is 14.9 Å². The van der Waals surface area contributed by atoms with Gasteiger partial charge in [0.2, 0.25) is 0 Å². The number of hydrogen-bond acceptors (Lipinski definition) is 7. The second kappa shape index (κ2) is 7.77. The molecule has 130 valence electrons. The Morgan fingerprint density at radius 2 is 2.12 bits per heavy atom. The van der Waals surface area contributed by atoms with E-state index >= 15 is 0 Å². The van der Waals surface area contributed by atoms with Crippen LogP contribution in [0.15, 0.2) is 41.5 Å². The summed E-state index contributed by atoms with van der Waals surface area (Å²) in [4.78, 5) is 22.2. The molecule has 0 aliphatic rings. The summed E-state index contributed by atoms with van der Waals surface area (Å²) < 4.78 is 5.08. The number of nitrogens with zero attached hydrogens (tertiary/aromatic N) is 2. The van der Waals surface area contributed by atoms with Gasteiger partial charge in [0.25, 0.3) is 11.6 Å². The van der Waals surface area contributed by atoms with Gasteiger partial charge in [-0.2, -0.15) is 5.10 Å². The number of rotatable bonds is 6. The summed E-state index contributed by atoms with van der Waals surface area (Å²) in [5.74, 6) is -1.69. The number of ether oxygens (including phenoxy) is 1. The third-order valence-electron chi connectivity index (χ3n) is 3.10. The van der Waals surface area contributed by atoms with Crippen LogP contribution in [0.4, 0.5) is 5.69 Å². The zero-order valence-electron chi connectivity index (χ0n) is 13.1. The topological polar surface area (TPSA) is 137 Å². The van der Waals surface area contributed by atoms with Crippen molar-refractivity contribution in [3.05, 3.63) is 57.6 Å². The van der Waals surface area contributed by atoms with Crippen molar-refractivity contribution in [3.8, 4) is 17.2 Å². The highest BCUT2D eigenvalue weighted by atomic mass is 16.6. The molecule has 0 aromatic heterocycles. The highest BCUT2D eigenvalue weighted by Gasteiger charge is 2.12. The Labute approximate surface area is 142 Å². The zero-order valence-corrected chi connectivity index (χ0v) is 13.1. The monoisotopic (exact) mass is 344 g/mol. The molecule has 0 saturated heterocycles. The van der Waals surface area contributed by atoms with Crippen LogP contribution in [0.3, 0.4) is 0 Å². The summed E-state index contributed by atoms with van der Waals surface area (Å²) >= 11 is 0. The minimum Gasteiger partial charge on any atom is -0.870 e. The van der Waals surface area contributed by atoms with Crippen LogP contribution in [-0.2, 0) is 0 Å². The fourth-order valence-corrected chi connectivity index (χ4v) is 1.96. The average molecular weight is 344 g/mol. The summed E-state index contributed by atoms with van der Waals surface area (Å²) in [6.07, 6.45) is 0.982. The first-order valence-electron chi connectivity index (χ1n) is 7.17. The van der Waals surface area contributed by atoms with Gasteiger partial charge in [-0.1, -0.05) is 17.9 Å². The predicted molar refractivity (Wildman–Crippen MR) is 86.9 cm³/mol. The fourth-order valence-electron chi connectivity index (χ4n) is 1.96. The van der Waals surface area contributed by atoms with Gasteiger partial charge in [-0.15, -0.1) is 0 Å². The Hall–Kier alpha value is -3.62. The Morgan fingerprint density at radius 1 is 1.40 bits per heavy atom. The molecule has 0 saturated carbocycles. The number of hydrogen-bond donors (Lipinski definition) is 2. The summed E-state index contributed by atoms with van der Waals surface area (Å²) in [6.45, 7) is 1.80. The van der Waals surface area contributed by atoms with Crippen LogP contribution < -0.4 is 15.3 Å². The highest BCUT2D eigenvalue weighted by Crippen LogP contribution is 2.31. The van der Waals surface area contributed by atoms with Crippen molar-refractivity contribution in [1.29, 1.82) is 0 Å². The SMILES string of the molecule is CCOc1cc([N+](=O)[O-])cc(/C=N/NC(=O)c2ccccc2O)c1[O-]. The van der Waals surface area contributed by atoms with E-state index in [4.69, 9.17) is 4.74 Å². The van der Waals surface area contributed by atoms with E-state index in [9.17, 15) is 25.1 Å². The lowest BCUT2D eigenvalue weighted by Crippen LogP contribution is -2.17. The van der Waals surface area contributed by atoms with Crippen molar-refractivity contribution in [2.75, 3.05) is 6.61 Å². The van der Waals surface area contributed by atoms with E-state index in [0.717, 1.165) is 18.3 Å². The third-order valence-corrected chi connectivity index (χ3v) is 3.10. The minimum absolute atomic E-state index is 0.00366. The number of para-hydroxylation sites is 1. The van der Waals surface area contributed by atoms with E-state index < -0.39 is 16.6 Å². The van der Waals surface area contributed by atoms with E-state index in [0.29, 0.717) is 0 Å². The molecule has 2 N–H and O–H groups in total. The van der Waals surface area contributed by atoms with Gasteiger partial charge in [0.1, 0.15) is 11.5 Å². The largest absolute Gasteiger partial charge is 0.870 e. The normalized spacial score (nSPS) is 10.6. The second-order valence-electron chi connectivity index (χ2n) is 4.77. The molecular formula is C16H14N3O6-. The molecule has 0 radical (unpaired) electrons. The van der Waals surface area contributed by atoms with Gasteiger partial charge in [-0.25, -0.2) is 5.43 Å². The van der Waals surface area contributed by atoms with E-state index in [-0.39, 0.29) is 34.9 Å². The molecule has 0 atom stereocenters. The molecule has 0 aliphatic heterocycles. The quantitative estimate of drug-likeness (QED) is 0.463. The molecule has 2 rings (SSSR count).